The zero-order valence-corrected chi connectivity index (χ0v) is 18.9. The van der Waals surface area contributed by atoms with Crippen molar-refractivity contribution in [1.29, 1.82) is 0 Å². The average Bonchev–Trinajstić information content (AvgIpc) is 3.44. The summed E-state index contributed by atoms with van der Waals surface area (Å²) in [5, 5.41) is 11.2. The van der Waals surface area contributed by atoms with Crippen LogP contribution in [0.2, 0.25) is 0 Å². The molecule has 12 heteroatoms. The number of amides is 1. The number of ether oxygens (including phenoxy) is 1. The Kier molecular flexibility index (Phi) is 8.10. The van der Waals surface area contributed by atoms with Crippen molar-refractivity contribution in [2.45, 2.75) is 69.7 Å². The molecule has 3 aliphatic heterocycles. The molecule has 32 heavy (non-hydrogen) atoms. The number of nitrogens with zero attached hydrogens (tertiary/aromatic N) is 4. The minimum Gasteiger partial charge on any atom is -0.475 e. The van der Waals surface area contributed by atoms with E-state index < -0.39 is 12.1 Å². The molecule has 0 bridgehead atoms. The van der Waals surface area contributed by atoms with Crippen molar-refractivity contribution in [3.05, 3.63) is 10.6 Å². The number of hydrogen-bond acceptors (Lipinski definition) is 7. The molecule has 3 fully saturated rings. The molecule has 1 spiro atoms. The van der Waals surface area contributed by atoms with Gasteiger partial charge in [0.15, 0.2) is 0 Å². The second-order valence-corrected chi connectivity index (χ2v) is 9.32. The summed E-state index contributed by atoms with van der Waals surface area (Å²) in [6.45, 7) is 6.95. The molecule has 8 nitrogen and oxygen atoms in total. The van der Waals surface area contributed by atoms with Crippen LogP contribution in [0.25, 0.3) is 0 Å². The fourth-order valence-electron chi connectivity index (χ4n) is 4.82. The number of rotatable bonds is 3. The van der Waals surface area contributed by atoms with Gasteiger partial charge in [0.2, 0.25) is 0 Å². The molecule has 2 unspecified atom stereocenters. The third-order valence-electron chi connectivity index (χ3n) is 6.43. The van der Waals surface area contributed by atoms with Crippen LogP contribution >= 0.6 is 11.5 Å². The fourth-order valence-corrected chi connectivity index (χ4v) is 5.43. The van der Waals surface area contributed by atoms with Crippen LogP contribution in [-0.2, 0) is 9.53 Å². The van der Waals surface area contributed by atoms with Gasteiger partial charge in [-0.25, -0.2) is 4.79 Å². The number of alkyl halides is 3. The molecule has 1 N–H and O–H groups in total. The summed E-state index contributed by atoms with van der Waals surface area (Å²) < 4.78 is 41.5. The lowest BCUT2D eigenvalue weighted by atomic mass is 9.87. The first-order valence-electron chi connectivity index (χ1n) is 10.9. The summed E-state index contributed by atoms with van der Waals surface area (Å²) in [4.78, 5) is 27.4. The predicted octanol–water partition coefficient (Wildman–Crippen LogP) is 3.12. The van der Waals surface area contributed by atoms with Gasteiger partial charge in [0, 0.05) is 31.8 Å². The van der Waals surface area contributed by atoms with E-state index in [4.69, 9.17) is 14.6 Å². The summed E-state index contributed by atoms with van der Waals surface area (Å²) in [7, 11) is 0. The van der Waals surface area contributed by atoms with Crippen LogP contribution in [0, 0.1) is 6.92 Å². The van der Waals surface area contributed by atoms with E-state index in [1.54, 1.807) is 0 Å². The van der Waals surface area contributed by atoms with Crippen molar-refractivity contribution >= 4 is 23.4 Å². The minimum absolute atomic E-state index is 0.0405. The number of hydrogen-bond donors (Lipinski definition) is 1. The standard InChI is InChI=1S/C18H28N4O2S.C2HF3O2/c1-14-16(25-20-19-14)17(23)22-10-4-7-18(22)6-3-9-21(11-8-18)13-15-5-2-12-24-15;3-2(4,5)1(6)7/h15H,2-13H2,1H3;(H,6,7). The first-order chi connectivity index (χ1) is 15.1. The molecule has 3 saturated heterocycles. The fraction of sp³-hybridized carbons (Fsp3) is 0.800. The van der Waals surface area contributed by atoms with Gasteiger partial charge in [-0.05, 0) is 69.9 Å². The van der Waals surface area contributed by atoms with Crippen LogP contribution < -0.4 is 0 Å². The lowest BCUT2D eigenvalue weighted by molar-refractivity contribution is -0.192. The van der Waals surface area contributed by atoms with Crippen LogP contribution in [0.3, 0.4) is 0 Å². The van der Waals surface area contributed by atoms with Crippen molar-refractivity contribution in [2.75, 3.05) is 32.8 Å². The third-order valence-corrected chi connectivity index (χ3v) is 7.24. The molecule has 1 aromatic heterocycles. The van der Waals surface area contributed by atoms with E-state index in [-0.39, 0.29) is 11.4 Å². The first kappa shape index (κ1) is 24.8. The van der Waals surface area contributed by atoms with Gasteiger partial charge >= 0.3 is 12.1 Å². The van der Waals surface area contributed by atoms with Crippen LogP contribution in [0.1, 0.15) is 60.3 Å². The van der Waals surface area contributed by atoms with Crippen molar-refractivity contribution in [1.82, 2.24) is 19.4 Å². The van der Waals surface area contributed by atoms with E-state index >= 15 is 0 Å². The second kappa shape index (κ2) is 10.4. The first-order valence-corrected chi connectivity index (χ1v) is 11.6. The molecule has 2 atom stereocenters. The maximum atomic E-state index is 13.1. The normalized spacial score (nSPS) is 26.6. The molecule has 180 valence electrons. The Bertz CT molecular complexity index is 800. The number of carbonyl (C=O) groups is 2. The number of halogens is 3. The highest BCUT2D eigenvalue weighted by Crippen LogP contribution is 2.40. The van der Waals surface area contributed by atoms with Gasteiger partial charge in [-0.2, -0.15) is 13.2 Å². The molecule has 1 amide bonds. The molecule has 4 rings (SSSR count). The Morgan fingerprint density at radius 1 is 1.19 bits per heavy atom. The molecule has 0 saturated carbocycles. The van der Waals surface area contributed by atoms with Gasteiger partial charge in [-0.3, -0.25) is 4.79 Å². The van der Waals surface area contributed by atoms with E-state index in [2.05, 4.69) is 19.4 Å². The Morgan fingerprint density at radius 2 is 1.88 bits per heavy atom. The van der Waals surface area contributed by atoms with E-state index in [9.17, 15) is 18.0 Å². The topological polar surface area (TPSA) is 95.9 Å². The summed E-state index contributed by atoms with van der Waals surface area (Å²) >= 11 is 1.24. The summed E-state index contributed by atoms with van der Waals surface area (Å²) in [5.74, 6) is -2.61. The smallest absolute Gasteiger partial charge is 0.475 e. The van der Waals surface area contributed by atoms with E-state index in [1.807, 2.05) is 6.92 Å². The van der Waals surface area contributed by atoms with Crippen molar-refractivity contribution in [3.8, 4) is 0 Å². The molecule has 0 aromatic carbocycles. The molecular formula is C20H29F3N4O4S. The van der Waals surface area contributed by atoms with E-state index in [1.165, 1.54) is 24.4 Å². The Hall–Kier alpha value is -1.79. The third kappa shape index (κ3) is 5.96. The zero-order chi connectivity index (χ0) is 23.4. The number of likely N-dealkylation sites (tertiary alicyclic amines) is 2. The number of carboxylic acid groups (broad SMARTS) is 1. The monoisotopic (exact) mass is 478 g/mol. The highest BCUT2D eigenvalue weighted by Gasteiger charge is 2.45. The second-order valence-electron chi connectivity index (χ2n) is 8.56. The summed E-state index contributed by atoms with van der Waals surface area (Å²) in [6, 6.07) is 0. The van der Waals surface area contributed by atoms with E-state index in [0.717, 1.165) is 75.5 Å². The lowest BCUT2D eigenvalue weighted by Crippen LogP contribution is -2.48. The minimum atomic E-state index is -5.08. The van der Waals surface area contributed by atoms with Crippen LogP contribution in [0.4, 0.5) is 13.2 Å². The molecule has 0 aliphatic carbocycles. The van der Waals surface area contributed by atoms with Gasteiger partial charge < -0.3 is 19.6 Å². The zero-order valence-electron chi connectivity index (χ0n) is 18.1. The quantitative estimate of drug-likeness (QED) is 0.713. The largest absolute Gasteiger partial charge is 0.490 e. The number of carbonyl (C=O) groups excluding carboxylic acids is 1. The van der Waals surface area contributed by atoms with Gasteiger partial charge in [-0.15, -0.1) is 5.10 Å². The highest BCUT2D eigenvalue weighted by atomic mass is 32.1. The Morgan fingerprint density at radius 3 is 2.44 bits per heavy atom. The Labute approximate surface area is 188 Å². The number of carboxylic acids is 1. The van der Waals surface area contributed by atoms with E-state index in [0.29, 0.717) is 6.10 Å². The number of aliphatic carboxylic acids is 1. The summed E-state index contributed by atoms with van der Waals surface area (Å²) in [6.07, 6.45) is 3.35. The lowest BCUT2D eigenvalue weighted by Gasteiger charge is -2.38. The molecule has 0 radical (unpaired) electrons. The maximum Gasteiger partial charge on any atom is 0.490 e. The number of aryl methyl sites for hydroxylation is 1. The molecule has 3 aliphatic rings. The SMILES string of the molecule is Cc1nnsc1C(=O)N1CCCC12CCCN(CC1CCCO1)CC2.O=C(O)C(F)(F)F. The van der Waals surface area contributed by atoms with Gasteiger partial charge in [0.05, 0.1) is 11.8 Å². The van der Waals surface area contributed by atoms with Crippen molar-refractivity contribution < 1.29 is 32.6 Å². The molecular weight excluding hydrogens is 449 g/mol. The Balaban J connectivity index is 0.000000360. The van der Waals surface area contributed by atoms with Crippen molar-refractivity contribution in [2.24, 2.45) is 0 Å². The van der Waals surface area contributed by atoms with Gasteiger partial charge in [0.1, 0.15) is 4.88 Å². The number of aromatic nitrogens is 2. The van der Waals surface area contributed by atoms with Crippen LogP contribution in [0.15, 0.2) is 0 Å². The predicted molar refractivity (Wildman–Crippen MR) is 111 cm³/mol. The van der Waals surface area contributed by atoms with Crippen LogP contribution in [0.5, 0.6) is 0 Å². The highest BCUT2D eigenvalue weighted by molar-refractivity contribution is 7.07. The molecule has 1 aromatic rings. The van der Waals surface area contributed by atoms with Gasteiger partial charge in [-0.1, -0.05) is 4.49 Å². The molecule has 4 heterocycles. The average molecular weight is 479 g/mol. The van der Waals surface area contributed by atoms with Crippen molar-refractivity contribution in [3.63, 3.8) is 0 Å². The van der Waals surface area contributed by atoms with Gasteiger partial charge in [0.25, 0.3) is 5.91 Å². The summed E-state index contributed by atoms with van der Waals surface area (Å²) in [5.41, 5.74) is 0.810. The van der Waals surface area contributed by atoms with Crippen LogP contribution in [-0.4, -0.2) is 87.0 Å². The maximum absolute atomic E-state index is 13.1.